The van der Waals surface area contributed by atoms with Gasteiger partial charge in [-0.05, 0) is 36.6 Å². The topological polar surface area (TPSA) is 67.2 Å². The van der Waals surface area contributed by atoms with Gasteiger partial charge in [0, 0.05) is 30.3 Å². The summed E-state index contributed by atoms with van der Waals surface area (Å²) in [6.45, 7) is 2.52. The summed E-state index contributed by atoms with van der Waals surface area (Å²) in [4.78, 5) is 28.0. The SMILES string of the molecule is C#CC(C)NC(=O)c1c2c(nn1C)CCN(C(=O)c1cc3cc(F)ccc3s1)C2. The smallest absolute Gasteiger partial charge is 0.270 e. The number of amides is 2. The van der Waals surface area contributed by atoms with Crippen LogP contribution in [0.4, 0.5) is 4.39 Å². The zero-order valence-electron chi connectivity index (χ0n) is 16.0. The van der Waals surface area contributed by atoms with Crippen LogP contribution >= 0.6 is 11.3 Å². The molecular weight excluding hydrogens is 391 g/mol. The van der Waals surface area contributed by atoms with Crippen LogP contribution in [0.2, 0.25) is 0 Å². The predicted molar refractivity (Wildman–Crippen MR) is 109 cm³/mol. The van der Waals surface area contributed by atoms with Gasteiger partial charge < -0.3 is 10.2 Å². The fraction of sp³-hybridized carbons (Fsp3) is 0.286. The van der Waals surface area contributed by atoms with Crippen molar-refractivity contribution in [3.63, 3.8) is 0 Å². The third-order valence-corrected chi connectivity index (χ3v) is 6.09. The van der Waals surface area contributed by atoms with E-state index in [9.17, 15) is 14.0 Å². The number of terminal acetylenes is 1. The lowest BCUT2D eigenvalue weighted by molar-refractivity contribution is 0.0736. The van der Waals surface area contributed by atoms with Gasteiger partial charge in [-0.3, -0.25) is 14.3 Å². The molecule has 1 unspecified atom stereocenters. The molecule has 1 aliphatic heterocycles. The number of hydrogen-bond donors (Lipinski definition) is 1. The normalized spacial score (nSPS) is 14.3. The van der Waals surface area contributed by atoms with Crippen LogP contribution < -0.4 is 5.32 Å². The van der Waals surface area contributed by atoms with Gasteiger partial charge in [0.25, 0.3) is 11.8 Å². The van der Waals surface area contributed by atoms with Crippen LogP contribution in [0, 0.1) is 18.2 Å². The molecule has 1 atom stereocenters. The summed E-state index contributed by atoms with van der Waals surface area (Å²) in [5.41, 5.74) is 1.97. The van der Waals surface area contributed by atoms with Gasteiger partial charge in [0.1, 0.15) is 11.5 Å². The van der Waals surface area contributed by atoms with Crippen LogP contribution in [0.15, 0.2) is 24.3 Å². The molecule has 0 radical (unpaired) electrons. The van der Waals surface area contributed by atoms with Crippen LogP contribution in [0.25, 0.3) is 10.1 Å². The number of thiophene rings is 1. The lowest BCUT2D eigenvalue weighted by Crippen LogP contribution is -2.37. The van der Waals surface area contributed by atoms with E-state index in [0.29, 0.717) is 28.9 Å². The highest BCUT2D eigenvalue weighted by atomic mass is 32.1. The molecular formula is C21H19FN4O2S. The second-order valence-electron chi connectivity index (χ2n) is 7.03. The van der Waals surface area contributed by atoms with Crippen LogP contribution in [0.5, 0.6) is 0 Å². The van der Waals surface area contributed by atoms with Crippen molar-refractivity contribution in [3.8, 4) is 12.3 Å². The monoisotopic (exact) mass is 410 g/mol. The zero-order chi connectivity index (χ0) is 20.7. The summed E-state index contributed by atoms with van der Waals surface area (Å²) in [5, 5.41) is 7.90. The first kappa shape index (κ1) is 19.2. The molecule has 29 heavy (non-hydrogen) atoms. The lowest BCUT2D eigenvalue weighted by Gasteiger charge is -2.26. The molecule has 148 valence electrons. The fourth-order valence-corrected chi connectivity index (χ4v) is 4.55. The van der Waals surface area contributed by atoms with E-state index in [-0.39, 0.29) is 24.2 Å². The Morgan fingerprint density at radius 2 is 2.17 bits per heavy atom. The average molecular weight is 410 g/mol. The summed E-state index contributed by atoms with van der Waals surface area (Å²) in [5.74, 6) is 1.70. The highest BCUT2D eigenvalue weighted by Crippen LogP contribution is 2.29. The number of nitrogens with zero attached hydrogens (tertiary/aromatic N) is 3. The minimum absolute atomic E-state index is 0.135. The van der Waals surface area contributed by atoms with Crippen LogP contribution in [0.1, 0.15) is 38.3 Å². The number of aromatic nitrogens is 2. The van der Waals surface area contributed by atoms with E-state index in [2.05, 4.69) is 16.3 Å². The maximum atomic E-state index is 13.5. The van der Waals surface area contributed by atoms with Gasteiger partial charge in [0.2, 0.25) is 0 Å². The first-order valence-electron chi connectivity index (χ1n) is 9.17. The van der Waals surface area contributed by atoms with Crippen molar-refractivity contribution < 1.29 is 14.0 Å². The van der Waals surface area contributed by atoms with E-state index >= 15 is 0 Å². The quantitative estimate of drug-likeness (QED) is 0.675. The molecule has 1 aromatic carbocycles. The Kier molecular flexibility index (Phi) is 4.84. The summed E-state index contributed by atoms with van der Waals surface area (Å²) < 4.78 is 15.9. The van der Waals surface area contributed by atoms with Crippen LogP contribution in [0.3, 0.4) is 0 Å². The summed E-state index contributed by atoms with van der Waals surface area (Å²) >= 11 is 1.34. The number of aryl methyl sites for hydroxylation is 1. The number of carbonyl (C=O) groups excluding carboxylic acids is 2. The number of rotatable bonds is 3. The van der Waals surface area contributed by atoms with Crippen molar-refractivity contribution in [2.24, 2.45) is 7.05 Å². The van der Waals surface area contributed by atoms with E-state index in [4.69, 9.17) is 6.42 Å². The molecule has 3 heterocycles. The van der Waals surface area contributed by atoms with E-state index in [1.54, 1.807) is 35.7 Å². The highest BCUT2D eigenvalue weighted by molar-refractivity contribution is 7.20. The molecule has 4 rings (SSSR count). The molecule has 6 nitrogen and oxygen atoms in total. The molecule has 0 aliphatic carbocycles. The summed E-state index contributed by atoms with van der Waals surface area (Å²) in [6, 6.07) is 5.79. The maximum Gasteiger partial charge on any atom is 0.270 e. The lowest BCUT2D eigenvalue weighted by atomic mass is 10.0. The van der Waals surface area contributed by atoms with Gasteiger partial charge in [-0.25, -0.2) is 4.39 Å². The van der Waals surface area contributed by atoms with E-state index in [1.165, 1.54) is 23.5 Å². The van der Waals surface area contributed by atoms with E-state index < -0.39 is 6.04 Å². The molecule has 0 spiro atoms. The third-order valence-electron chi connectivity index (χ3n) is 4.99. The first-order chi connectivity index (χ1) is 13.9. The summed E-state index contributed by atoms with van der Waals surface area (Å²) in [7, 11) is 1.71. The zero-order valence-corrected chi connectivity index (χ0v) is 16.8. The van der Waals surface area contributed by atoms with Gasteiger partial charge in [-0.2, -0.15) is 5.10 Å². The molecule has 2 amide bonds. The molecule has 0 saturated carbocycles. The minimum Gasteiger partial charge on any atom is -0.337 e. The van der Waals surface area contributed by atoms with Crippen LogP contribution in [-0.4, -0.2) is 39.1 Å². The number of halogens is 1. The van der Waals surface area contributed by atoms with Gasteiger partial charge in [-0.15, -0.1) is 17.8 Å². The van der Waals surface area contributed by atoms with Gasteiger partial charge in [-0.1, -0.05) is 5.92 Å². The van der Waals surface area contributed by atoms with Crippen molar-refractivity contribution in [1.82, 2.24) is 20.0 Å². The Bertz CT molecular complexity index is 1170. The van der Waals surface area contributed by atoms with Crippen molar-refractivity contribution in [1.29, 1.82) is 0 Å². The number of carbonyl (C=O) groups is 2. The average Bonchev–Trinajstić information content (AvgIpc) is 3.26. The molecule has 3 aromatic rings. The Labute approximate surface area is 171 Å². The molecule has 0 bridgehead atoms. The second kappa shape index (κ2) is 7.33. The Morgan fingerprint density at radius 3 is 2.93 bits per heavy atom. The summed E-state index contributed by atoms with van der Waals surface area (Å²) in [6.07, 6.45) is 5.92. The number of hydrogen-bond acceptors (Lipinski definition) is 4. The largest absolute Gasteiger partial charge is 0.337 e. The van der Waals surface area contributed by atoms with Crippen molar-refractivity contribution in [2.45, 2.75) is 25.9 Å². The Hall–Kier alpha value is -3.18. The van der Waals surface area contributed by atoms with E-state index in [1.807, 2.05) is 0 Å². The predicted octanol–water partition coefficient (Wildman–Crippen LogP) is 2.72. The molecule has 0 fully saturated rings. The highest BCUT2D eigenvalue weighted by Gasteiger charge is 2.30. The maximum absolute atomic E-state index is 13.5. The van der Waals surface area contributed by atoms with Crippen molar-refractivity contribution in [3.05, 3.63) is 51.9 Å². The number of fused-ring (bicyclic) bond motifs is 2. The van der Waals surface area contributed by atoms with Gasteiger partial charge in [0.15, 0.2) is 0 Å². The first-order valence-corrected chi connectivity index (χ1v) is 9.99. The Balaban J connectivity index is 1.61. The fourth-order valence-electron chi connectivity index (χ4n) is 3.54. The molecule has 1 N–H and O–H groups in total. The van der Waals surface area contributed by atoms with Crippen molar-refractivity contribution >= 4 is 33.2 Å². The van der Waals surface area contributed by atoms with Crippen LogP contribution in [-0.2, 0) is 20.0 Å². The number of benzene rings is 1. The van der Waals surface area contributed by atoms with Gasteiger partial charge in [0.05, 0.1) is 23.2 Å². The number of nitrogens with one attached hydrogen (secondary N) is 1. The minimum atomic E-state index is -0.409. The third kappa shape index (κ3) is 3.49. The second-order valence-corrected chi connectivity index (χ2v) is 8.11. The van der Waals surface area contributed by atoms with Gasteiger partial charge >= 0.3 is 0 Å². The Morgan fingerprint density at radius 1 is 1.38 bits per heavy atom. The molecule has 8 heteroatoms. The molecule has 2 aromatic heterocycles. The standard InChI is InChI=1S/C21H19FN4O2S/c1-4-12(2)23-20(27)19-15-11-26(8-7-16(15)24-25(19)3)21(28)18-10-13-9-14(22)5-6-17(13)29-18/h1,5-6,9-10,12H,7-8,11H2,2-3H3,(H,23,27). The van der Waals surface area contributed by atoms with E-state index in [0.717, 1.165) is 16.0 Å². The molecule has 0 saturated heterocycles. The molecule has 1 aliphatic rings. The van der Waals surface area contributed by atoms with Crippen molar-refractivity contribution in [2.75, 3.05) is 6.54 Å².